The maximum atomic E-state index is 11.4. The molecule has 0 atom stereocenters. The molecule has 0 saturated heterocycles. The van der Waals surface area contributed by atoms with E-state index in [2.05, 4.69) is 16.2 Å². The van der Waals surface area contributed by atoms with Crippen LogP contribution in [0.4, 0.5) is 10.6 Å². The molecule has 0 saturated carbocycles. The molecule has 0 aliphatic heterocycles. The Morgan fingerprint density at radius 2 is 2.19 bits per heavy atom. The minimum Gasteiger partial charge on any atom is -0.444 e. The Morgan fingerprint density at radius 3 is 2.75 bits per heavy atom. The molecule has 0 spiro atoms. The Hall–Kier alpha value is -2.02. The van der Waals surface area contributed by atoms with Gasteiger partial charge in [-0.2, -0.15) is 0 Å². The second-order valence-electron chi connectivity index (χ2n) is 4.18. The number of terminal acetylenes is 1. The van der Waals surface area contributed by atoms with Crippen molar-refractivity contribution in [3.63, 3.8) is 0 Å². The summed E-state index contributed by atoms with van der Waals surface area (Å²) < 4.78 is 5.07. The van der Waals surface area contributed by atoms with Crippen LogP contribution in [0.3, 0.4) is 0 Å². The van der Waals surface area contributed by atoms with Crippen LogP contribution < -0.4 is 5.32 Å². The van der Waals surface area contributed by atoms with Gasteiger partial charge in [0, 0.05) is 0 Å². The van der Waals surface area contributed by atoms with Gasteiger partial charge in [0.1, 0.15) is 17.1 Å². The first-order valence-corrected chi connectivity index (χ1v) is 4.84. The molecular formula is C12H14N2O2. The van der Waals surface area contributed by atoms with Gasteiger partial charge in [-0.1, -0.05) is 12.0 Å². The van der Waals surface area contributed by atoms with Crippen LogP contribution in [0.1, 0.15) is 26.5 Å². The van der Waals surface area contributed by atoms with Crippen molar-refractivity contribution in [2.24, 2.45) is 0 Å². The largest absolute Gasteiger partial charge is 0.444 e. The fraction of sp³-hybridized carbons (Fsp3) is 0.333. The smallest absolute Gasteiger partial charge is 0.413 e. The molecule has 1 aromatic rings. The quantitative estimate of drug-likeness (QED) is 0.736. The highest BCUT2D eigenvalue weighted by atomic mass is 16.6. The summed E-state index contributed by atoms with van der Waals surface area (Å²) in [5, 5.41) is 2.51. The molecular weight excluding hydrogens is 204 g/mol. The molecule has 1 aromatic heterocycles. The van der Waals surface area contributed by atoms with Crippen LogP contribution in [-0.2, 0) is 4.74 Å². The highest BCUT2D eigenvalue weighted by Gasteiger charge is 2.16. The SMILES string of the molecule is C#Cc1cccc(NC(=O)OC(C)(C)C)n1. The van der Waals surface area contributed by atoms with E-state index in [-0.39, 0.29) is 0 Å². The third-order valence-electron chi connectivity index (χ3n) is 1.53. The van der Waals surface area contributed by atoms with Crippen molar-refractivity contribution in [1.29, 1.82) is 0 Å². The van der Waals surface area contributed by atoms with Gasteiger partial charge in [-0.15, -0.1) is 6.42 Å². The Labute approximate surface area is 95.0 Å². The van der Waals surface area contributed by atoms with Gasteiger partial charge >= 0.3 is 6.09 Å². The van der Waals surface area contributed by atoms with Gasteiger partial charge in [0.15, 0.2) is 0 Å². The summed E-state index contributed by atoms with van der Waals surface area (Å²) in [5.41, 5.74) is -0.0677. The lowest BCUT2D eigenvalue weighted by Gasteiger charge is -2.19. The number of anilines is 1. The van der Waals surface area contributed by atoms with Gasteiger partial charge < -0.3 is 4.74 Å². The van der Waals surface area contributed by atoms with Crippen LogP contribution in [0.15, 0.2) is 18.2 Å². The first-order chi connectivity index (χ1) is 7.40. The van der Waals surface area contributed by atoms with E-state index in [0.29, 0.717) is 11.5 Å². The summed E-state index contributed by atoms with van der Waals surface area (Å²) in [5.74, 6) is 2.76. The molecule has 1 N–H and O–H groups in total. The van der Waals surface area contributed by atoms with Crippen molar-refractivity contribution in [3.05, 3.63) is 23.9 Å². The van der Waals surface area contributed by atoms with Crippen LogP contribution >= 0.6 is 0 Å². The fourth-order valence-electron chi connectivity index (χ4n) is 0.993. The number of carbonyl (C=O) groups excluding carboxylic acids is 1. The Morgan fingerprint density at radius 1 is 1.50 bits per heavy atom. The van der Waals surface area contributed by atoms with Crippen LogP contribution in [-0.4, -0.2) is 16.7 Å². The van der Waals surface area contributed by atoms with E-state index in [0.717, 1.165) is 0 Å². The molecule has 0 aliphatic carbocycles. The molecule has 0 aliphatic rings. The minimum absolute atomic E-state index is 0.379. The summed E-state index contributed by atoms with van der Waals surface area (Å²) in [6, 6.07) is 5.04. The van der Waals surface area contributed by atoms with Crippen LogP contribution in [0, 0.1) is 12.3 Å². The van der Waals surface area contributed by atoms with E-state index >= 15 is 0 Å². The standard InChI is InChI=1S/C12H14N2O2/c1-5-9-7-6-8-10(13-9)14-11(15)16-12(2,3)4/h1,6-8H,2-4H3,(H,13,14,15). The number of hydrogen-bond donors (Lipinski definition) is 1. The van der Waals surface area contributed by atoms with Gasteiger partial charge in [-0.05, 0) is 32.9 Å². The Bertz CT molecular complexity index is 427. The van der Waals surface area contributed by atoms with Crippen molar-refractivity contribution in [2.45, 2.75) is 26.4 Å². The highest BCUT2D eigenvalue weighted by Crippen LogP contribution is 2.10. The van der Waals surface area contributed by atoms with E-state index in [1.54, 1.807) is 39.0 Å². The van der Waals surface area contributed by atoms with Gasteiger partial charge in [0.2, 0.25) is 0 Å². The molecule has 0 bridgehead atoms. The van der Waals surface area contributed by atoms with Crippen molar-refractivity contribution in [2.75, 3.05) is 5.32 Å². The zero-order valence-electron chi connectivity index (χ0n) is 9.57. The Balaban J connectivity index is 2.67. The third-order valence-corrected chi connectivity index (χ3v) is 1.53. The number of nitrogens with one attached hydrogen (secondary N) is 1. The topological polar surface area (TPSA) is 51.2 Å². The van der Waals surface area contributed by atoms with Crippen molar-refractivity contribution in [1.82, 2.24) is 4.98 Å². The van der Waals surface area contributed by atoms with E-state index < -0.39 is 11.7 Å². The Kier molecular flexibility index (Phi) is 3.51. The summed E-state index contributed by atoms with van der Waals surface area (Å²) >= 11 is 0. The summed E-state index contributed by atoms with van der Waals surface area (Å²) in [6.45, 7) is 5.37. The van der Waals surface area contributed by atoms with Crippen molar-refractivity contribution in [3.8, 4) is 12.3 Å². The van der Waals surface area contributed by atoms with Gasteiger partial charge in [-0.25, -0.2) is 9.78 Å². The highest BCUT2D eigenvalue weighted by molar-refractivity contribution is 5.83. The summed E-state index contributed by atoms with van der Waals surface area (Å²) in [7, 11) is 0. The number of pyridine rings is 1. The number of ether oxygens (including phenoxy) is 1. The van der Waals surface area contributed by atoms with E-state index in [9.17, 15) is 4.79 Å². The summed E-state index contributed by atoms with van der Waals surface area (Å²) in [4.78, 5) is 15.4. The number of rotatable bonds is 1. The maximum Gasteiger partial charge on any atom is 0.413 e. The lowest BCUT2D eigenvalue weighted by atomic mass is 10.2. The molecule has 0 unspecified atom stereocenters. The number of hydrogen-bond acceptors (Lipinski definition) is 3. The molecule has 1 rings (SSSR count). The van der Waals surface area contributed by atoms with E-state index in [1.165, 1.54) is 0 Å². The zero-order valence-corrected chi connectivity index (χ0v) is 9.57. The first-order valence-electron chi connectivity index (χ1n) is 4.84. The van der Waals surface area contributed by atoms with Crippen LogP contribution in [0.25, 0.3) is 0 Å². The zero-order chi connectivity index (χ0) is 12.2. The second-order valence-corrected chi connectivity index (χ2v) is 4.18. The molecule has 1 heterocycles. The average Bonchev–Trinajstić information content (AvgIpc) is 2.15. The normalized spacial score (nSPS) is 10.4. The molecule has 0 radical (unpaired) electrons. The molecule has 0 fully saturated rings. The molecule has 84 valence electrons. The second kappa shape index (κ2) is 4.67. The van der Waals surface area contributed by atoms with E-state index in [4.69, 9.17) is 11.2 Å². The molecule has 1 amide bonds. The van der Waals surface area contributed by atoms with Crippen LogP contribution in [0.2, 0.25) is 0 Å². The molecule has 0 aromatic carbocycles. The number of aromatic nitrogens is 1. The van der Waals surface area contributed by atoms with Crippen molar-refractivity contribution >= 4 is 11.9 Å². The predicted octanol–water partition coefficient (Wildman–Crippen LogP) is 2.41. The molecule has 4 heteroatoms. The minimum atomic E-state index is -0.547. The maximum absolute atomic E-state index is 11.4. The van der Waals surface area contributed by atoms with Crippen molar-refractivity contribution < 1.29 is 9.53 Å². The molecule has 16 heavy (non-hydrogen) atoms. The lowest BCUT2D eigenvalue weighted by Crippen LogP contribution is -2.27. The average molecular weight is 218 g/mol. The number of amides is 1. The third kappa shape index (κ3) is 4.01. The molecule has 4 nitrogen and oxygen atoms in total. The van der Waals surface area contributed by atoms with Crippen LogP contribution in [0.5, 0.6) is 0 Å². The fourth-order valence-corrected chi connectivity index (χ4v) is 0.993. The first kappa shape index (κ1) is 12.1. The van der Waals surface area contributed by atoms with Gasteiger partial charge in [0.25, 0.3) is 0 Å². The van der Waals surface area contributed by atoms with E-state index in [1.807, 2.05) is 0 Å². The van der Waals surface area contributed by atoms with Gasteiger partial charge in [-0.3, -0.25) is 5.32 Å². The van der Waals surface area contributed by atoms with Gasteiger partial charge in [0.05, 0.1) is 0 Å². The lowest BCUT2D eigenvalue weighted by molar-refractivity contribution is 0.0635. The summed E-state index contributed by atoms with van der Waals surface area (Å²) in [6.07, 6.45) is 4.65. The predicted molar refractivity (Wildman–Crippen MR) is 62.0 cm³/mol. The monoisotopic (exact) mass is 218 g/mol. The number of carbonyl (C=O) groups is 1. The number of nitrogens with zero attached hydrogens (tertiary/aromatic N) is 1.